The number of pyridine rings is 2. The normalized spacial score (nSPS) is 11.6. The average molecular weight is 1120 g/mol. The first kappa shape index (κ1) is 42.7. The van der Waals surface area contributed by atoms with Crippen molar-refractivity contribution in [3.8, 4) is 67.9 Å². The first-order valence-corrected chi connectivity index (χ1v) is 25.4. The fraction of sp³-hybridized carbons (Fsp3) is 0. The molecule has 14 rings (SSSR count). The molecule has 8 heteroatoms. The summed E-state index contributed by atoms with van der Waals surface area (Å²) in [6, 6.07) is 85.4. The molecule has 73 heavy (non-hydrogen) atoms. The van der Waals surface area contributed by atoms with Crippen LogP contribution in [-0.2, 0) is 19.4 Å². The molecule has 9 aromatic carbocycles. The summed E-state index contributed by atoms with van der Waals surface area (Å²) in [5.41, 5.74) is 16.0. The molecular weight excluding hydrogens is 1080 g/mol. The van der Waals surface area contributed by atoms with E-state index >= 15 is 0 Å². The molecule has 0 N–H and O–H groups in total. The number of aromatic nitrogens is 6. The van der Waals surface area contributed by atoms with E-state index < -0.39 is 0 Å². The number of rotatable bonds is 9. The Hall–Kier alpha value is -9.16. The fourth-order valence-electron chi connectivity index (χ4n) is 10.8. The monoisotopic (exact) mass is 1120 g/mol. The zero-order valence-electron chi connectivity index (χ0n) is 39.2. The Labute approximate surface area is 431 Å². The number of hydrogen-bond acceptors (Lipinski definition) is 3. The molecule has 0 aliphatic heterocycles. The molecule has 0 bridgehead atoms. The van der Waals surface area contributed by atoms with E-state index in [4.69, 9.17) is 14.7 Å². The number of nitrogens with zero attached hydrogens (tertiary/aromatic N) is 6. The molecule has 348 valence electrons. The van der Waals surface area contributed by atoms with Crippen LogP contribution < -0.4 is 4.74 Å². The van der Waals surface area contributed by atoms with Gasteiger partial charge in [-0.2, -0.15) is 0 Å². The van der Waals surface area contributed by atoms with Crippen molar-refractivity contribution in [3.05, 3.63) is 259 Å². The Balaban J connectivity index is 0.907. The summed E-state index contributed by atoms with van der Waals surface area (Å²) in [5.74, 6) is 2.22. The van der Waals surface area contributed by atoms with Gasteiger partial charge in [0.15, 0.2) is 0 Å². The molecule has 0 fully saturated rings. The third-order valence-corrected chi connectivity index (χ3v) is 15.0. The minimum absolute atomic E-state index is 0.716. The van der Waals surface area contributed by atoms with Crippen molar-refractivity contribution in [2.24, 2.45) is 0 Å². The van der Waals surface area contributed by atoms with Crippen molar-refractivity contribution in [2.45, 2.75) is 0 Å². The second-order valence-electron chi connectivity index (χ2n) is 18.1. The fourth-order valence-corrected chi connectivity index (χ4v) is 11.9. The molecular formula is C65H42N6OPt. The Morgan fingerprint density at radius 2 is 0.890 bits per heavy atom. The van der Waals surface area contributed by atoms with E-state index in [2.05, 4.69) is 262 Å². The zero-order valence-corrected chi connectivity index (χ0v) is 41.4. The average Bonchev–Trinajstić information content (AvgIpc) is 4.08. The Morgan fingerprint density at radius 1 is 0.356 bits per heavy atom. The van der Waals surface area contributed by atoms with Gasteiger partial charge in [-0.1, -0.05) is 54.6 Å². The molecule has 0 saturated heterocycles. The van der Waals surface area contributed by atoms with E-state index in [9.17, 15) is 0 Å². The number of fused-ring (bicyclic) bond motifs is 7. The topological polar surface area (TPSA) is 54.7 Å². The first-order valence-electron chi connectivity index (χ1n) is 24.3. The van der Waals surface area contributed by atoms with Crippen LogP contribution in [0.3, 0.4) is 0 Å². The quantitative estimate of drug-likeness (QED) is 0.145. The number of benzene rings is 9. The molecule has 14 aromatic rings. The van der Waals surface area contributed by atoms with Gasteiger partial charge < -0.3 is 4.57 Å². The van der Waals surface area contributed by atoms with Gasteiger partial charge in [-0.3, -0.25) is 4.98 Å². The van der Waals surface area contributed by atoms with Crippen LogP contribution in [0.5, 0.6) is 11.5 Å². The summed E-state index contributed by atoms with van der Waals surface area (Å²) in [6.45, 7) is 0. The predicted molar refractivity (Wildman–Crippen MR) is 293 cm³/mol. The SMILES string of the molecule is [Pt]=[c]1n(-c2cccc(Oc3ccc4c5ccccc5n(-c5cc(-n6c7ccccc7c7ccccc76)c(-c6ccccn6)cn5)c4c3)c2)c2ccccc2n1-c1c(-c2ccccc2)cccc1-c1ccccc1. The van der Waals surface area contributed by atoms with Gasteiger partial charge in [-0.05, 0) is 24.3 Å². The third kappa shape index (κ3) is 7.11. The number of hydrogen-bond donors (Lipinski definition) is 0. The number of imidazole rings is 1. The van der Waals surface area contributed by atoms with Gasteiger partial charge in [0.1, 0.15) is 0 Å². The van der Waals surface area contributed by atoms with Gasteiger partial charge in [0.25, 0.3) is 0 Å². The van der Waals surface area contributed by atoms with E-state index in [-0.39, 0.29) is 0 Å². The molecule has 0 spiro atoms. The first-order chi connectivity index (χ1) is 36.2. The van der Waals surface area contributed by atoms with Crippen LogP contribution in [0.2, 0.25) is 0 Å². The summed E-state index contributed by atoms with van der Waals surface area (Å²) in [7, 11) is 0. The van der Waals surface area contributed by atoms with Crippen molar-refractivity contribution >= 4 is 54.6 Å². The molecule has 0 unspecified atom stereocenters. The molecule has 0 atom stereocenters. The van der Waals surface area contributed by atoms with E-state index in [0.29, 0.717) is 5.75 Å². The van der Waals surface area contributed by atoms with Crippen LogP contribution >= 0.6 is 0 Å². The molecule has 5 aromatic heterocycles. The molecule has 0 aliphatic rings. The second-order valence-corrected chi connectivity index (χ2v) is 19.1. The van der Waals surface area contributed by atoms with Crippen LogP contribution in [0.15, 0.2) is 255 Å². The molecule has 0 amide bonds. The van der Waals surface area contributed by atoms with Gasteiger partial charge in [-0.15, -0.1) is 0 Å². The number of ether oxygens (including phenoxy) is 1. The molecule has 0 radical (unpaired) electrons. The second kappa shape index (κ2) is 17.6. The van der Waals surface area contributed by atoms with Crippen molar-refractivity contribution in [3.63, 3.8) is 0 Å². The van der Waals surface area contributed by atoms with Crippen molar-refractivity contribution in [2.75, 3.05) is 0 Å². The van der Waals surface area contributed by atoms with Crippen LogP contribution in [0.25, 0.3) is 111 Å². The predicted octanol–water partition coefficient (Wildman–Crippen LogP) is 16.3. The van der Waals surface area contributed by atoms with Crippen molar-refractivity contribution < 1.29 is 24.1 Å². The van der Waals surface area contributed by atoms with E-state index in [1.54, 1.807) is 0 Å². The maximum atomic E-state index is 6.92. The zero-order chi connectivity index (χ0) is 48.4. The molecule has 7 nitrogen and oxygen atoms in total. The van der Waals surface area contributed by atoms with Crippen molar-refractivity contribution in [1.29, 1.82) is 0 Å². The Kier molecular flexibility index (Phi) is 10.3. The van der Waals surface area contributed by atoms with E-state index in [1.165, 1.54) is 10.8 Å². The molecule has 0 saturated carbocycles. The summed E-state index contributed by atoms with van der Waals surface area (Å²) in [5, 5.41) is 4.62. The van der Waals surface area contributed by atoms with Gasteiger partial charge in [0.2, 0.25) is 0 Å². The maximum absolute atomic E-state index is 6.92. The van der Waals surface area contributed by atoms with Crippen LogP contribution in [0.4, 0.5) is 0 Å². The third-order valence-electron chi connectivity index (χ3n) is 13.9. The standard InChI is InChI=1S/C65H42N6O.Pt/c1-3-19-44(20-4-1)49-28-18-29-50(45-21-5-2-6-22-45)65(49)69-43-68(60-34-13-14-35-61(60)69)46-23-17-24-47(39-46)72-48-36-37-54-53-27-9-12-33-59(53)71(62(54)40-48)64-41-63(55(42-67-64)56-30-15-16-38-66-56)70-57-31-10-7-25-51(57)52-26-8-11-32-58(52)70;/h1-42H;. The summed E-state index contributed by atoms with van der Waals surface area (Å²) < 4.78 is 17.3. The van der Waals surface area contributed by atoms with E-state index in [0.717, 1.165) is 110 Å². The summed E-state index contributed by atoms with van der Waals surface area (Å²) in [6.07, 6.45) is 3.82. The van der Waals surface area contributed by atoms with Crippen molar-refractivity contribution in [1.82, 2.24) is 28.2 Å². The molecule has 5 heterocycles. The van der Waals surface area contributed by atoms with E-state index in [1.807, 2.05) is 30.6 Å². The van der Waals surface area contributed by atoms with Crippen LogP contribution in [0, 0.1) is 3.80 Å². The van der Waals surface area contributed by atoms with Gasteiger partial charge >= 0.3 is 294 Å². The Morgan fingerprint density at radius 3 is 1.52 bits per heavy atom. The van der Waals surface area contributed by atoms with Crippen LogP contribution in [-0.4, -0.2) is 28.2 Å². The molecule has 0 aliphatic carbocycles. The minimum atomic E-state index is 0.716. The number of para-hydroxylation sites is 6. The van der Waals surface area contributed by atoms with Gasteiger partial charge in [0, 0.05) is 28.7 Å². The van der Waals surface area contributed by atoms with Gasteiger partial charge in [0.05, 0.1) is 22.4 Å². The Bertz CT molecular complexity index is 4380. The summed E-state index contributed by atoms with van der Waals surface area (Å²) in [4.78, 5) is 10.1. The van der Waals surface area contributed by atoms with Crippen LogP contribution in [0.1, 0.15) is 0 Å². The summed E-state index contributed by atoms with van der Waals surface area (Å²) >= 11 is 2.50. The van der Waals surface area contributed by atoms with Gasteiger partial charge in [-0.25, -0.2) is 0 Å².